The van der Waals surface area contributed by atoms with Crippen molar-refractivity contribution >= 4 is 17.5 Å². The van der Waals surface area contributed by atoms with Gasteiger partial charge >= 0.3 is 0 Å². The van der Waals surface area contributed by atoms with Crippen LogP contribution in [0.4, 0.5) is 0 Å². The average molecular weight is 476 g/mol. The van der Waals surface area contributed by atoms with Gasteiger partial charge in [0.25, 0.3) is 0 Å². The number of ketones is 2. The molecular formula is C26H53NO6. The van der Waals surface area contributed by atoms with Gasteiger partial charge in [-0.25, -0.2) is 0 Å². The third kappa shape index (κ3) is 16.9. The third-order valence-corrected chi connectivity index (χ3v) is 5.22. The number of hydrogen-bond donors (Lipinski definition) is 1. The SMILES string of the molecule is CC.CCC(=O)CCOCC(CC)(COCCC(=O)C(C)C)N(C)C(=O)CC(C)(C)C.CO. The van der Waals surface area contributed by atoms with E-state index in [9.17, 15) is 14.4 Å². The van der Waals surface area contributed by atoms with Crippen LogP contribution in [0, 0.1) is 11.3 Å². The third-order valence-electron chi connectivity index (χ3n) is 5.22. The summed E-state index contributed by atoms with van der Waals surface area (Å²) in [4.78, 5) is 38.0. The van der Waals surface area contributed by atoms with Crippen molar-refractivity contribution in [3.05, 3.63) is 0 Å². The van der Waals surface area contributed by atoms with Crippen molar-refractivity contribution in [1.29, 1.82) is 0 Å². The van der Waals surface area contributed by atoms with Gasteiger partial charge in [-0.3, -0.25) is 14.4 Å². The molecule has 0 aromatic rings. The number of rotatable bonds is 15. The lowest BCUT2D eigenvalue weighted by Crippen LogP contribution is -2.56. The highest BCUT2D eigenvalue weighted by molar-refractivity contribution is 5.80. The molecule has 1 unspecified atom stereocenters. The lowest BCUT2D eigenvalue weighted by molar-refractivity contribution is -0.146. The second-order valence-electron chi connectivity index (χ2n) is 9.39. The van der Waals surface area contributed by atoms with Crippen LogP contribution in [0.5, 0.6) is 0 Å². The van der Waals surface area contributed by atoms with Crippen LogP contribution >= 0.6 is 0 Å². The summed E-state index contributed by atoms with van der Waals surface area (Å²) in [5, 5.41) is 7.00. The fourth-order valence-electron chi connectivity index (χ4n) is 2.86. The van der Waals surface area contributed by atoms with Crippen LogP contribution in [-0.2, 0) is 23.9 Å². The maximum absolute atomic E-state index is 12.9. The molecule has 1 atom stereocenters. The van der Waals surface area contributed by atoms with E-state index in [1.54, 1.807) is 11.9 Å². The van der Waals surface area contributed by atoms with Crippen molar-refractivity contribution in [2.75, 3.05) is 40.6 Å². The van der Waals surface area contributed by atoms with Gasteiger partial charge in [-0.2, -0.15) is 0 Å². The van der Waals surface area contributed by atoms with Crippen LogP contribution in [0.2, 0.25) is 0 Å². The van der Waals surface area contributed by atoms with Crippen LogP contribution in [0.15, 0.2) is 0 Å². The van der Waals surface area contributed by atoms with Crippen LogP contribution in [-0.4, -0.2) is 73.6 Å². The predicted octanol–water partition coefficient (Wildman–Crippen LogP) is 4.68. The first-order chi connectivity index (χ1) is 15.4. The van der Waals surface area contributed by atoms with E-state index in [0.29, 0.717) is 58.5 Å². The molecule has 0 aliphatic rings. The summed E-state index contributed by atoms with van der Waals surface area (Å²) in [7, 11) is 2.79. The summed E-state index contributed by atoms with van der Waals surface area (Å²) >= 11 is 0. The monoisotopic (exact) mass is 475 g/mol. The van der Waals surface area contributed by atoms with E-state index in [-0.39, 0.29) is 28.8 Å². The number of amides is 1. The number of likely N-dealkylation sites (N-methyl/N-ethyl adjacent to an activating group) is 1. The van der Waals surface area contributed by atoms with E-state index in [0.717, 1.165) is 7.11 Å². The molecule has 0 spiro atoms. The number of carbonyl (C=O) groups excluding carboxylic acids is 3. The second kappa shape index (κ2) is 20.1. The largest absolute Gasteiger partial charge is 0.400 e. The van der Waals surface area contributed by atoms with Gasteiger partial charge < -0.3 is 19.5 Å². The van der Waals surface area contributed by atoms with Crippen LogP contribution in [0.3, 0.4) is 0 Å². The average Bonchev–Trinajstić information content (AvgIpc) is 2.78. The number of aliphatic hydroxyl groups is 1. The Morgan fingerprint density at radius 2 is 1.36 bits per heavy atom. The smallest absolute Gasteiger partial charge is 0.223 e. The first-order valence-corrected chi connectivity index (χ1v) is 12.3. The Hall–Kier alpha value is -1.31. The highest BCUT2D eigenvalue weighted by atomic mass is 16.5. The van der Waals surface area contributed by atoms with E-state index < -0.39 is 5.54 Å². The summed E-state index contributed by atoms with van der Waals surface area (Å²) in [6.45, 7) is 19.0. The molecule has 1 amide bonds. The fraction of sp³-hybridized carbons (Fsp3) is 0.885. The predicted molar refractivity (Wildman–Crippen MR) is 135 cm³/mol. The molecule has 0 saturated heterocycles. The van der Waals surface area contributed by atoms with Gasteiger partial charge in [0.1, 0.15) is 11.6 Å². The summed E-state index contributed by atoms with van der Waals surface area (Å²) < 4.78 is 11.7. The number of Topliss-reactive ketones (excluding diaryl/α,β-unsaturated/α-hetero) is 2. The lowest BCUT2D eigenvalue weighted by Gasteiger charge is -2.42. The molecule has 0 aromatic carbocycles. The highest BCUT2D eigenvalue weighted by Crippen LogP contribution is 2.26. The van der Waals surface area contributed by atoms with Crippen molar-refractivity contribution in [3.8, 4) is 0 Å². The number of carbonyl (C=O) groups is 3. The molecule has 198 valence electrons. The molecule has 0 radical (unpaired) electrons. The van der Waals surface area contributed by atoms with Gasteiger partial charge in [0, 0.05) is 45.8 Å². The lowest BCUT2D eigenvalue weighted by atomic mass is 9.89. The Morgan fingerprint density at radius 3 is 1.73 bits per heavy atom. The van der Waals surface area contributed by atoms with E-state index in [4.69, 9.17) is 14.6 Å². The van der Waals surface area contributed by atoms with Crippen LogP contribution < -0.4 is 0 Å². The van der Waals surface area contributed by atoms with Gasteiger partial charge in [0.05, 0.1) is 32.0 Å². The fourth-order valence-corrected chi connectivity index (χ4v) is 2.86. The minimum Gasteiger partial charge on any atom is -0.400 e. The summed E-state index contributed by atoms with van der Waals surface area (Å²) in [5.74, 6) is 0.353. The van der Waals surface area contributed by atoms with Gasteiger partial charge in [-0.15, -0.1) is 0 Å². The Morgan fingerprint density at radius 1 is 0.909 bits per heavy atom. The Balaban J connectivity index is -0.00000212. The zero-order valence-corrected chi connectivity index (χ0v) is 23.4. The summed E-state index contributed by atoms with van der Waals surface area (Å²) in [5.41, 5.74) is -0.748. The molecule has 1 N–H and O–H groups in total. The van der Waals surface area contributed by atoms with Gasteiger partial charge in [0.2, 0.25) is 5.91 Å². The second-order valence-corrected chi connectivity index (χ2v) is 9.39. The van der Waals surface area contributed by atoms with Crippen LogP contribution in [0.1, 0.15) is 94.4 Å². The first-order valence-electron chi connectivity index (χ1n) is 12.3. The molecule has 0 aliphatic carbocycles. The zero-order valence-electron chi connectivity index (χ0n) is 23.4. The topological polar surface area (TPSA) is 93.1 Å². The maximum atomic E-state index is 12.9. The molecule has 0 heterocycles. The molecule has 0 bridgehead atoms. The van der Waals surface area contributed by atoms with E-state index in [2.05, 4.69) is 0 Å². The minimum absolute atomic E-state index is 0.00925. The summed E-state index contributed by atoms with van der Waals surface area (Å²) in [6.07, 6.45) is 2.31. The van der Waals surface area contributed by atoms with Crippen molar-refractivity contribution in [2.45, 2.75) is 100.0 Å². The molecule has 7 nitrogen and oxygen atoms in total. The Kier molecular flexibility index (Phi) is 22.1. The molecule has 0 rings (SSSR count). The first kappa shape index (κ1) is 36.3. The summed E-state index contributed by atoms with van der Waals surface area (Å²) in [6, 6.07) is 0. The standard InChI is InChI=1S/C23H43NO5.C2H6.CH4O/c1-9-19(25)11-13-28-16-23(10-2,17-29-14-12-20(26)18(3)4)24(8)21(27)15-22(5,6)7;2*1-2/h18H,9-17H2,1-8H3;1-2H3;2H,1H3. The molecule has 0 saturated carbocycles. The van der Waals surface area contributed by atoms with Crippen molar-refractivity contribution < 1.29 is 29.0 Å². The Labute approximate surface area is 203 Å². The molecule has 33 heavy (non-hydrogen) atoms. The maximum Gasteiger partial charge on any atom is 0.223 e. The van der Waals surface area contributed by atoms with E-state index >= 15 is 0 Å². The van der Waals surface area contributed by atoms with Gasteiger partial charge in [-0.1, -0.05) is 62.3 Å². The number of aliphatic hydroxyl groups excluding tert-OH is 1. The molecular weight excluding hydrogens is 422 g/mol. The van der Waals surface area contributed by atoms with Gasteiger partial charge in [-0.05, 0) is 11.8 Å². The molecule has 0 aliphatic heterocycles. The van der Waals surface area contributed by atoms with Crippen molar-refractivity contribution in [1.82, 2.24) is 4.90 Å². The van der Waals surface area contributed by atoms with Crippen molar-refractivity contribution in [3.63, 3.8) is 0 Å². The van der Waals surface area contributed by atoms with Gasteiger partial charge in [0.15, 0.2) is 0 Å². The van der Waals surface area contributed by atoms with Crippen molar-refractivity contribution in [2.24, 2.45) is 11.3 Å². The number of ether oxygens (including phenoxy) is 2. The molecule has 0 aromatic heterocycles. The minimum atomic E-state index is -0.627. The van der Waals surface area contributed by atoms with E-state index in [1.165, 1.54) is 0 Å². The quantitative estimate of drug-likeness (QED) is 0.346. The van der Waals surface area contributed by atoms with Crippen LogP contribution in [0.25, 0.3) is 0 Å². The molecule has 7 heteroatoms. The normalized spacial score (nSPS) is 12.6. The molecule has 0 fully saturated rings. The number of nitrogens with zero attached hydrogens (tertiary/aromatic N) is 1. The highest BCUT2D eigenvalue weighted by Gasteiger charge is 2.37. The Bertz CT molecular complexity index is 527. The zero-order chi connectivity index (χ0) is 26.7. The van der Waals surface area contributed by atoms with E-state index in [1.807, 2.05) is 62.3 Å². The number of hydrogen-bond acceptors (Lipinski definition) is 6.